The maximum atomic E-state index is 13.2. The third kappa shape index (κ3) is 5.36. The van der Waals surface area contributed by atoms with Gasteiger partial charge in [0.2, 0.25) is 5.91 Å². The van der Waals surface area contributed by atoms with E-state index in [1.54, 1.807) is 25.7 Å². The van der Waals surface area contributed by atoms with Crippen LogP contribution in [-0.2, 0) is 25.8 Å². The molecule has 37 heavy (non-hydrogen) atoms. The third-order valence-electron chi connectivity index (χ3n) is 7.72. The van der Waals surface area contributed by atoms with Gasteiger partial charge in [-0.2, -0.15) is 5.06 Å². The van der Waals surface area contributed by atoms with E-state index in [-0.39, 0.29) is 42.0 Å². The van der Waals surface area contributed by atoms with Crippen LogP contribution < -0.4 is 16.2 Å². The van der Waals surface area contributed by atoms with Crippen LogP contribution >= 0.6 is 0 Å². The Bertz CT molecular complexity index is 1060. The molecule has 5 rings (SSSR count). The largest absolute Gasteiger partial charge is 0.444 e. The van der Waals surface area contributed by atoms with Gasteiger partial charge < -0.3 is 15.0 Å². The molecule has 1 spiro atoms. The standard InChI is InChI=1S/C26H35N5O6/c1-25(2,3)37-23(34)27-18-11-17(12-18)21(32)28-29-22(33)19-13-26(9-10-26)20-14-30(19)24(35)31(20)36-15-16-7-5-4-6-8-16/h4-8,17-20H,9-15H2,1-3H3,(H,27,34)(H,28,32)(H,29,33)/t17-,18+,19?,20-/m1/s1. The SMILES string of the molecule is CC(C)(C)OC(=O)N[C@H]1C[C@@H](C(=O)NNC(=O)C2CC3(CC3)[C@H]3CN2C(=O)N3OCc2ccccc2)C1. The minimum absolute atomic E-state index is 0.0771. The second-order valence-electron chi connectivity index (χ2n) is 11.6. The Morgan fingerprint density at radius 3 is 2.38 bits per heavy atom. The lowest BCUT2D eigenvalue weighted by molar-refractivity contribution is -0.153. The normalized spacial score (nSPS) is 27.4. The molecular formula is C26H35N5O6. The number of nitrogens with one attached hydrogen (secondary N) is 3. The number of carbonyl (C=O) groups is 4. The van der Waals surface area contributed by atoms with Crippen LogP contribution in [0.5, 0.6) is 0 Å². The van der Waals surface area contributed by atoms with Crippen molar-refractivity contribution in [3.05, 3.63) is 35.9 Å². The van der Waals surface area contributed by atoms with E-state index in [0.29, 0.717) is 25.8 Å². The lowest BCUT2D eigenvalue weighted by atomic mass is 9.80. The van der Waals surface area contributed by atoms with E-state index in [2.05, 4.69) is 16.2 Å². The summed E-state index contributed by atoms with van der Waals surface area (Å²) in [7, 11) is 0. The molecule has 1 aromatic carbocycles. The van der Waals surface area contributed by atoms with Gasteiger partial charge in [0.1, 0.15) is 18.2 Å². The Morgan fingerprint density at radius 2 is 1.73 bits per heavy atom. The number of urea groups is 1. The monoisotopic (exact) mass is 513 g/mol. The average Bonchev–Trinajstić information content (AvgIpc) is 3.53. The molecule has 4 fully saturated rings. The molecule has 11 nitrogen and oxygen atoms in total. The summed E-state index contributed by atoms with van der Waals surface area (Å²) in [6.45, 7) is 6.07. The molecular weight excluding hydrogens is 478 g/mol. The number of hydrogen-bond donors (Lipinski definition) is 3. The van der Waals surface area contributed by atoms with Gasteiger partial charge in [-0.25, -0.2) is 9.59 Å². The van der Waals surface area contributed by atoms with Crippen molar-refractivity contribution in [3.8, 4) is 0 Å². The predicted octanol–water partition coefficient (Wildman–Crippen LogP) is 2.23. The number of carbonyl (C=O) groups excluding carboxylic acids is 4. The fraction of sp³-hybridized carbons (Fsp3) is 0.615. The van der Waals surface area contributed by atoms with Crippen molar-refractivity contribution < 1.29 is 28.8 Å². The molecule has 5 amide bonds. The lowest BCUT2D eigenvalue weighted by Gasteiger charge is -2.36. The van der Waals surface area contributed by atoms with Crippen LogP contribution in [0.2, 0.25) is 0 Å². The van der Waals surface area contributed by atoms with E-state index >= 15 is 0 Å². The summed E-state index contributed by atoms with van der Waals surface area (Å²) in [5.74, 6) is -1.04. The maximum Gasteiger partial charge on any atom is 0.407 e. The first-order chi connectivity index (χ1) is 17.5. The van der Waals surface area contributed by atoms with E-state index in [1.807, 2.05) is 30.3 Å². The molecule has 200 valence electrons. The zero-order valence-electron chi connectivity index (χ0n) is 21.5. The summed E-state index contributed by atoms with van der Waals surface area (Å²) in [4.78, 5) is 58.1. The lowest BCUT2D eigenvalue weighted by Crippen LogP contribution is -2.58. The predicted molar refractivity (Wildman–Crippen MR) is 131 cm³/mol. The summed E-state index contributed by atoms with van der Waals surface area (Å²) in [5.41, 5.74) is 5.29. The molecule has 1 aromatic rings. The van der Waals surface area contributed by atoms with Gasteiger partial charge in [-0.3, -0.25) is 25.3 Å². The van der Waals surface area contributed by atoms with E-state index in [4.69, 9.17) is 9.57 Å². The van der Waals surface area contributed by atoms with Crippen molar-refractivity contribution >= 4 is 23.9 Å². The van der Waals surface area contributed by atoms with Gasteiger partial charge in [0.25, 0.3) is 5.91 Å². The van der Waals surface area contributed by atoms with Crippen molar-refractivity contribution in [3.63, 3.8) is 0 Å². The highest BCUT2D eigenvalue weighted by atomic mass is 16.7. The molecule has 0 aromatic heterocycles. The molecule has 2 saturated heterocycles. The molecule has 11 heteroatoms. The van der Waals surface area contributed by atoms with Gasteiger partial charge in [-0.1, -0.05) is 30.3 Å². The van der Waals surface area contributed by atoms with Crippen molar-refractivity contribution in [2.24, 2.45) is 11.3 Å². The molecule has 1 unspecified atom stereocenters. The number of fused-ring (bicyclic) bond motifs is 3. The summed E-state index contributed by atoms with van der Waals surface area (Å²) < 4.78 is 5.23. The Balaban J connectivity index is 1.10. The number of hydroxylamine groups is 2. The van der Waals surface area contributed by atoms with Gasteiger partial charge in [-0.05, 0) is 63.9 Å². The fourth-order valence-corrected chi connectivity index (χ4v) is 5.46. The summed E-state index contributed by atoms with van der Waals surface area (Å²) in [6.07, 6.45) is 2.84. The quantitative estimate of drug-likeness (QED) is 0.501. The minimum Gasteiger partial charge on any atom is -0.444 e. The number of nitrogens with zero attached hydrogens (tertiary/aromatic N) is 2. The molecule has 2 heterocycles. The van der Waals surface area contributed by atoms with E-state index in [9.17, 15) is 19.2 Å². The van der Waals surface area contributed by atoms with E-state index < -0.39 is 23.6 Å². The minimum atomic E-state index is -0.667. The Hall–Kier alpha value is -3.34. The van der Waals surface area contributed by atoms with Gasteiger partial charge in [0, 0.05) is 18.5 Å². The van der Waals surface area contributed by atoms with E-state index in [1.165, 1.54) is 5.06 Å². The van der Waals surface area contributed by atoms with E-state index in [0.717, 1.165) is 18.4 Å². The first-order valence-corrected chi connectivity index (χ1v) is 12.9. The molecule has 3 N–H and O–H groups in total. The number of hydrogen-bond acceptors (Lipinski definition) is 6. The zero-order valence-corrected chi connectivity index (χ0v) is 21.5. The molecule has 2 aliphatic carbocycles. The van der Waals surface area contributed by atoms with Gasteiger partial charge in [-0.15, -0.1) is 0 Å². The number of hydrazine groups is 1. The van der Waals surface area contributed by atoms with Crippen LogP contribution in [0.25, 0.3) is 0 Å². The molecule has 0 radical (unpaired) electrons. The molecule has 2 saturated carbocycles. The molecule has 2 bridgehead atoms. The Kier molecular flexibility index (Phi) is 6.51. The Labute approximate surface area is 216 Å². The number of alkyl carbamates (subject to hydrolysis) is 1. The first-order valence-electron chi connectivity index (χ1n) is 12.9. The number of ether oxygens (including phenoxy) is 1. The highest BCUT2D eigenvalue weighted by Gasteiger charge is 2.64. The van der Waals surface area contributed by atoms with Crippen molar-refractivity contribution in [1.29, 1.82) is 0 Å². The van der Waals surface area contributed by atoms with Crippen LogP contribution in [0.1, 0.15) is 58.4 Å². The molecule has 2 aliphatic heterocycles. The summed E-state index contributed by atoms with van der Waals surface area (Å²) in [5, 5.41) is 4.21. The van der Waals surface area contributed by atoms with Crippen LogP contribution in [0.3, 0.4) is 0 Å². The smallest absolute Gasteiger partial charge is 0.407 e. The van der Waals surface area contributed by atoms with Gasteiger partial charge in [0.05, 0.1) is 6.04 Å². The van der Waals surface area contributed by atoms with Crippen molar-refractivity contribution in [2.45, 2.75) is 83.2 Å². The number of rotatable bonds is 6. The average molecular weight is 514 g/mol. The zero-order chi connectivity index (χ0) is 26.4. The van der Waals surface area contributed by atoms with Crippen LogP contribution in [0.4, 0.5) is 9.59 Å². The molecule has 4 aliphatic rings. The first kappa shape index (κ1) is 25.3. The second-order valence-corrected chi connectivity index (χ2v) is 11.6. The Morgan fingerprint density at radius 1 is 1.05 bits per heavy atom. The van der Waals surface area contributed by atoms with Crippen molar-refractivity contribution in [2.75, 3.05) is 6.54 Å². The number of benzene rings is 1. The number of piperidine rings is 1. The van der Waals surface area contributed by atoms with Crippen LogP contribution in [0, 0.1) is 11.3 Å². The molecule has 2 atom stereocenters. The summed E-state index contributed by atoms with van der Waals surface area (Å²) >= 11 is 0. The maximum absolute atomic E-state index is 13.2. The topological polar surface area (TPSA) is 129 Å². The van der Waals surface area contributed by atoms with Crippen LogP contribution in [0.15, 0.2) is 30.3 Å². The van der Waals surface area contributed by atoms with Gasteiger partial charge >= 0.3 is 12.1 Å². The highest BCUT2D eigenvalue weighted by molar-refractivity contribution is 5.91. The summed E-state index contributed by atoms with van der Waals surface area (Å²) in [6, 6.07) is 8.45. The fourth-order valence-electron chi connectivity index (χ4n) is 5.46. The van der Waals surface area contributed by atoms with Crippen molar-refractivity contribution in [1.82, 2.24) is 26.1 Å². The van der Waals surface area contributed by atoms with Gasteiger partial charge in [0.15, 0.2) is 0 Å². The van der Waals surface area contributed by atoms with Crippen LogP contribution in [-0.4, -0.2) is 64.2 Å². The second kappa shape index (κ2) is 9.51. The highest BCUT2D eigenvalue weighted by Crippen LogP contribution is 2.59. The number of amides is 5. The third-order valence-corrected chi connectivity index (χ3v) is 7.72.